The highest BCUT2D eigenvalue weighted by Crippen LogP contribution is 2.40. The van der Waals surface area contributed by atoms with Gasteiger partial charge in [0.1, 0.15) is 0 Å². The van der Waals surface area contributed by atoms with Gasteiger partial charge in [-0.05, 0) is 32.3 Å². The van der Waals surface area contributed by atoms with Gasteiger partial charge in [-0.3, -0.25) is 9.59 Å². The number of carboxylic acids is 1. The van der Waals surface area contributed by atoms with Gasteiger partial charge in [-0.15, -0.1) is 0 Å². The predicted octanol–water partition coefficient (Wildman–Crippen LogP) is 3.05. The molecule has 0 radical (unpaired) electrons. The van der Waals surface area contributed by atoms with Crippen LogP contribution in [0.5, 0.6) is 0 Å². The Hall–Kier alpha value is -2.63. The van der Waals surface area contributed by atoms with Crippen LogP contribution in [0.25, 0.3) is 0 Å². The van der Waals surface area contributed by atoms with Gasteiger partial charge in [-0.1, -0.05) is 30.3 Å². The molecule has 1 heterocycles. The van der Waals surface area contributed by atoms with Crippen LogP contribution in [0.1, 0.15) is 59.4 Å². The number of aliphatic carboxylic acids is 1. The van der Waals surface area contributed by atoms with Gasteiger partial charge in [-0.2, -0.15) is 0 Å². The number of aryl methyl sites for hydroxylation is 1. The van der Waals surface area contributed by atoms with E-state index in [0.29, 0.717) is 17.5 Å². The number of amides is 1. The molecule has 2 N–H and O–H groups in total. The van der Waals surface area contributed by atoms with Gasteiger partial charge in [0.05, 0.1) is 17.7 Å². The summed E-state index contributed by atoms with van der Waals surface area (Å²) in [5, 5.41) is 12.1. The maximum Gasteiger partial charge on any atom is 0.308 e. The molecule has 1 aliphatic rings. The average Bonchev–Trinajstić information content (AvgIpc) is 3.35. The largest absolute Gasteiger partial charge is 0.481 e. The lowest BCUT2D eigenvalue weighted by atomic mass is 9.94. The Morgan fingerprint density at radius 3 is 2.54 bits per heavy atom. The number of carbonyl (C=O) groups excluding carboxylic acids is 1. The molecular weight excluding hydrogens is 308 g/mol. The number of carboxylic acid groups (broad SMARTS) is 1. The van der Waals surface area contributed by atoms with Crippen molar-refractivity contribution in [1.29, 1.82) is 0 Å². The van der Waals surface area contributed by atoms with Crippen LogP contribution >= 0.6 is 0 Å². The van der Waals surface area contributed by atoms with Crippen LogP contribution in [0.4, 0.5) is 0 Å². The molecule has 6 nitrogen and oxygen atoms in total. The van der Waals surface area contributed by atoms with Crippen molar-refractivity contribution in [3.8, 4) is 0 Å². The SMILES string of the molecule is Cc1nc(C2CC2)oc1C(=O)NC(c1ccccc1)C(C)C(=O)O. The van der Waals surface area contributed by atoms with Crippen LogP contribution in [0.2, 0.25) is 0 Å². The standard InChI is InChI=1S/C18H20N2O4/c1-10(18(22)23)14(12-6-4-3-5-7-12)20-16(21)15-11(2)19-17(24-15)13-8-9-13/h3-7,10,13-14H,8-9H2,1-2H3,(H,20,21)(H,22,23). The van der Waals surface area contributed by atoms with E-state index >= 15 is 0 Å². The molecule has 0 spiro atoms. The molecule has 24 heavy (non-hydrogen) atoms. The van der Waals surface area contributed by atoms with E-state index in [9.17, 15) is 14.7 Å². The lowest BCUT2D eigenvalue weighted by Crippen LogP contribution is -2.35. The summed E-state index contributed by atoms with van der Waals surface area (Å²) in [5.74, 6) is -1.11. The number of hydrogen-bond donors (Lipinski definition) is 2. The molecule has 0 bridgehead atoms. The van der Waals surface area contributed by atoms with Crippen LogP contribution in [0.3, 0.4) is 0 Å². The molecule has 1 saturated carbocycles. The van der Waals surface area contributed by atoms with Crippen molar-refractivity contribution in [1.82, 2.24) is 10.3 Å². The van der Waals surface area contributed by atoms with E-state index in [0.717, 1.165) is 18.4 Å². The molecule has 6 heteroatoms. The first-order valence-electron chi connectivity index (χ1n) is 8.03. The molecule has 0 saturated heterocycles. The van der Waals surface area contributed by atoms with Gasteiger partial charge in [-0.25, -0.2) is 4.98 Å². The topological polar surface area (TPSA) is 92.4 Å². The summed E-state index contributed by atoms with van der Waals surface area (Å²) in [6.07, 6.45) is 2.06. The molecule has 126 valence electrons. The van der Waals surface area contributed by atoms with Crippen molar-refractivity contribution in [2.45, 2.75) is 38.6 Å². The predicted molar refractivity (Wildman–Crippen MR) is 86.7 cm³/mol. The summed E-state index contributed by atoms with van der Waals surface area (Å²) in [6, 6.07) is 8.42. The molecule has 1 amide bonds. The van der Waals surface area contributed by atoms with Gasteiger partial charge in [0.15, 0.2) is 5.89 Å². The van der Waals surface area contributed by atoms with Crippen molar-refractivity contribution in [3.63, 3.8) is 0 Å². The molecule has 0 aliphatic heterocycles. The van der Waals surface area contributed by atoms with Crippen molar-refractivity contribution < 1.29 is 19.1 Å². The summed E-state index contributed by atoms with van der Waals surface area (Å²) in [4.78, 5) is 28.3. The van der Waals surface area contributed by atoms with Crippen molar-refractivity contribution in [2.75, 3.05) is 0 Å². The van der Waals surface area contributed by atoms with E-state index in [1.165, 1.54) is 0 Å². The second kappa shape index (κ2) is 6.47. The molecule has 1 aromatic carbocycles. The van der Waals surface area contributed by atoms with Crippen LogP contribution in [0.15, 0.2) is 34.7 Å². The number of aromatic nitrogens is 1. The maximum absolute atomic E-state index is 12.6. The molecule has 1 fully saturated rings. The van der Waals surface area contributed by atoms with Gasteiger partial charge < -0.3 is 14.8 Å². The molecule has 1 aliphatic carbocycles. The molecule has 2 atom stereocenters. The fraction of sp³-hybridized carbons (Fsp3) is 0.389. The van der Waals surface area contributed by atoms with Crippen LogP contribution in [0, 0.1) is 12.8 Å². The Bertz CT molecular complexity index is 750. The Morgan fingerprint density at radius 1 is 1.29 bits per heavy atom. The quantitative estimate of drug-likeness (QED) is 0.850. The van der Waals surface area contributed by atoms with E-state index in [2.05, 4.69) is 10.3 Å². The van der Waals surface area contributed by atoms with E-state index in [-0.39, 0.29) is 5.76 Å². The number of nitrogens with zero attached hydrogens (tertiary/aromatic N) is 1. The van der Waals surface area contributed by atoms with Gasteiger partial charge in [0, 0.05) is 5.92 Å². The number of oxazole rings is 1. The molecule has 3 rings (SSSR count). The minimum absolute atomic E-state index is 0.162. The first-order valence-corrected chi connectivity index (χ1v) is 8.03. The lowest BCUT2D eigenvalue weighted by molar-refractivity contribution is -0.142. The zero-order valence-electron chi connectivity index (χ0n) is 13.7. The monoisotopic (exact) mass is 328 g/mol. The van der Waals surface area contributed by atoms with Crippen molar-refractivity contribution in [2.24, 2.45) is 5.92 Å². The Kier molecular flexibility index (Phi) is 4.38. The molecular formula is C18H20N2O4. The van der Waals surface area contributed by atoms with Gasteiger partial charge in [0.25, 0.3) is 5.91 Å². The fourth-order valence-corrected chi connectivity index (χ4v) is 2.64. The molecule has 2 aromatic rings. The highest BCUT2D eigenvalue weighted by Gasteiger charge is 2.32. The third-order valence-electron chi connectivity index (χ3n) is 4.28. The molecule has 1 aromatic heterocycles. The zero-order valence-corrected chi connectivity index (χ0v) is 13.7. The average molecular weight is 328 g/mol. The number of rotatable bonds is 6. The summed E-state index contributed by atoms with van der Waals surface area (Å²) in [7, 11) is 0. The smallest absolute Gasteiger partial charge is 0.308 e. The maximum atomic E-state index is 12.6. The van der Waals surface area contributed by atoms with Gasteiger partial charge in [0.2, 0.25) is 5.76 Å². The van der Waals surface area contributed by atoms with E-state index in [4.69, 9.17) is 4.42 Å². The normalized spacial score (nSPS) is 16.4. The van der Waals surface area contributed by atoms with Gasteiger partial charge >= 0.3 is 5.97 Å². The Labute approximate surface area is 139 Å². The van der Waals surface area contributed by atoms with Crippen LogP contribution < -0.4 is 5.32 Å². The summed E-state index contributed by atoms with van der Waals surface area (Å²) >= 11 is 0. The lowest BCUT2D eigenvalue weighted by Gasteiger charge is -2.22. The van der Waals surface area contributed by atoms with Crippen LogP contribution in [-0.4, -0.2) is 22.0 Å². The first-order chi connectivity index (χ1) is 11.5. The number of carbonyl (C=O) groups is 2. The third kappa shape index (κ3) is 3.32. The second-order valence-electron chi connectivity index (χ2n) is 6.23. The van der Waals surface area contributed by atoms with Crippen molar-refractivity contribution >= 4 is 11.9 Å². The number of benzene rings is 1. The number of hydrogen-bond acceptors (Lipinski definition) is 4. The highest BCUT2D eigenvalue weighted by atomic mass is 16.4. The first kappa shape index (κ1) is 16.2. The van der Waals surface area contributed by atoms with Crippen molar-refractivity contribution in [3.05, 3.63) is 53.2 Å². The fourth-order valence-electron chi connectivity index (χ4n) is 2.64. The summed E-state index contributed by atoms with van der Waals surface area (Å²) < 4.78 is 5.61. The minimum atomic E-state index is -0.975. The van der Waals surface area contributed by atoms with E-state index < -0.39 is 23.8 Å². The third-order valence-corrected chi connectivity index (χ3v) is 4.28. The second-order valence-corrected chi connectivity index (χ2v) is 6.23. The Balaban J connectivity index is 1.84. The summed E-state index contributed by atoms with van der Waals surface area (Å²) in [6.45, 7) is 3.30. The highest BCUT2D eigenvalue weighted by molar-refractivity contribution is 5.93. The minimum Gasteiger partial charge on any atom is -0.481 e. The molecule has 2 unspecified atom stereocenters. The Morgan fingerprint density at radius 2 is 1.96 bits per heavy atom. The van der Waals surface area contributed by atoms with E-state index in [1.807, 2.05) is 18.2 Å². The van der Waals surface area contributed by atoms with E-state index in [1.54, 1.807) is 26.0 Å². The van der Waals surface area contributed by atoms with Crippen LogP contribution in [-0.2, 0) is 4.79 Å². The number of nitrogens with one attached hydrogen (secondary N) is 1. The summed E-state index contributed by atoms with van der Waals surface area (Å²) in [5.41, 5.74) is 1.27. The zero-order chi connectivity index (χ0) is 17.3.